The van der Waals surface area contributed by atoms with Crippen molar-refractivity contribution in [3.8, 4) is 5.75 Å². The van der Waals surface area contributed by atoms with Crippen molar-refractivity contribution in [3.05, 3.63) is 58.6 Å². The van der Waals surface area contributed by atoms with E-state index in [0.717, 1.165) is 0 Å². The maximum Gasteiger partial charge on any atom is 0.255 e. The molecule has 2 aromatic rings. The minimum absolute atomic E-state index is 0.182. The maximum atomic E-state index is 12.5. The molecular weight excluding hydrogens is 352 g/mol. The van der Waals surface area contributed by atoms with Crippen LogP contribution < -0.4 is 15.4 Å². The van der Waals surface area contributed by atoms with Gasteiger partial charge in [-0.05, 0) is 64.1 Å². The highest BCUT2D eigenvalue weighted by molar-refractivity contribution is 6.32. The first-order valence-electron chi connectivity index (χ1n) is 8.36. The number of carbonyl (C=O) groups excluding carboxylic acids is 2. The van der Waals surface area contributed by atoms with Gasteiger partial charge < -0.3 is 15.4 Å². The van der Waals surface area contributed by atoms with Gasteiger partial charge in [-0.1, -0.05) is 17.7 Å². The molecule has 0 saturated carbocycles. The summed E-state index contributed by atoms with van der Waals surface area (Å²) in [6.07, 6.45) is 0. The second kappa shape index (κ2) is 8.23. The van der Waals surface area contributed by atoms with E-state index in [1.807, 2.05) is 27.7 Å². The molecule has 138 valence electrons. The van der Waals surface area contributed by atoms with Crippen molar-refractivity contribution in [2.24, 2.45) is 0 Å². The Morgan fingerprint density at radius 3 is 2.12 bits per heavy atom. The van der Waals surface area contributed by atoms with Gasteiger partial charge in [-0.15, -0.1) is 0 Å². The average Bonchev–Trinajstić information content (AvgIpc) is 2.56. The van der Waals surface area contributed by atoms with Gasteiger partial charge in [-0.2, -0.15) is 0 Å². The van der Waals surface area contributed by atoms with Crippen molar-refractivity contribution < 1.29 is 14.3 Å². The first-order valence-corrected chi connectivity index (χ1v) is 8.74. The van der Waals surface area contributed by atoms with Crippen LogP contribution in [0.3, 0.4) is 0 Å². The number of anilines is 1. The van der Waals surface area contributed by atoms with E-state index in [4.69, 9.17) is 16.3 Å². The van der Waals surface area contributed by atoms with Gasteiger partial charge in [0.05, 0.1) is 17.3 Å². The summed E-state index contributed by atoms with van der Waals surface area (Å²) in [5.74, 6) is -0.0554. The molecule has 0 spiro atoms. The number of para-hydroxylation sites is 1. The number of benzene rings is 2. The van der Waals surface area contributed by atoms with E-state index < -0.39 is 0 Å². The number of ether oxygens (including phenoxy) is 1. The van der Waals surface area contributed by atoms with Crippen LogP contribution in [0.2, 0.25) is 5.02 Å². The predicted octanol–water partition coefficient (Wildman–Crippen LogP) is 4.52. The van der Waals surface area contributed by atoms with Crippen LogP contribution in [0.5, 0.6) is 5.75 Å². The van der Waals surface area contributed by atoms with Crippen molar-refractivity contribution in [2.75, 3.05) is 11.9 Å². The van der Waals surface area contributed by atoms with Crippen LogP contribution in [0, 0.1) is 0 Å². The van der Waals surface area contributed by atoms with Crippen molar-refractivity contribution in [1.82, 2.24) is 5.32 Å². The quantitative estimate of drug-likeness (QED) is 0.808. The van der Waals surface area contributed by atoms with Crippen LogP contribution in [0.4, 0.5) is 5.69 Å². The maximum absolute atomic E-state index is 12.5. The highest BCUT2D eigenvalue weighted by Gasteiger charge is 2.16. The molecule has 0 saturated heterocycles. The lowest BCUT2D eigenvalue weighted by atomic mass is 10.1. The minimum atomic E-state index is -0.324. The lowest BCUT2D eigenvalue weighted by Crippen LogP contribution is -2.40. The summed E-state index contributed by atoms with van der Waals surface area (Å²) in [5.41, 5.74) is 1.10. The van der Waals surface area contributed by atoms with Gasteiger partial charge in [-0.3, -0.25) is 9.59 Å². The zero-order chi connectivity index (χ0) is 19.3. The van der Waals surface area contributed by atoms with E-state index in [9.17, 15) is 9.59 Å². The molecule has 0 atom stereocenters. The Hall–Kier alpha value is -2.53. The Kier molecular flexibility index (Phi) is 6.27. The second-order valence-electron chi connectivity index (χ2n) is 6.79. The molecule has 0 bridgehead atoms. The summed E-state index contributed by atoms with van der Waals surface area (Å²) in [7, 11) is 0. The van der Waals surface area contributed by atoms with Crippen LogP contribution in [0.1, 0.15) is 48.4 Å². The molecule has 0 fully saturated rings. The Labute approximate surface area is 158 Å². The third kappa shape index (κ3) is 5.23. The Morgan fingerprint density at radius 2 is 1.58 bits per heavy atom. The number of nitrogens with one attached hydrogen (secondary N) is 2. The van der Waals surface area contributed by atoms with Gasteiger partial charge in [0.2, 0.25) is 0 Å². The van der Waals surface area contributed by atoms with Gasteiger partial charge >= 0.3 is 0 Å². The molecule has 0 unspecified atom stereocenters. The first kappa shape index (κ1) is 19.8. The van der Waals surface area contributed by atoms with Gasteiger partial charge in [0, 0.05) is 16.7 Å². The van der Waals surface area contributed by atoms with E-state index >= 15 is 0 Å². The summed E-state index contributed by atoms with van der Waals surface area (Å²) in [6, 6.07) is 11.6. The summed E-state index contributed by atoms with van der Waals surface area (Å²) < 4.78 is 5.50. The molecular formula is C20H23ClN2O3. The summed E-state index contributed by atoms with van der Waals surface area (Å²) in [4.78, 5) is 24.6. The zero-order valence-corrected chi connectivity index (χ0v) is 16.1. The van der Waals surface area contributed by atoms with E-state index in [1.165, 1.54) is 0 Å². The molecule has 0 aliphatic rings. The number of hydrogen-bond acceptors (Lipinski definition) is 3. The molecule has 2 rings (SSSR count). The van der Waals surface area contributed by atoms with Gasteiger partial charge in [0.15, 0.2) is 5.75 Å². The van der Waals surface area contributed by atoms with Crippen LogP contribution in [0.15, 0.2) is 42.5 Å². The standard InChI is InChI=1S/C20H23ClN2O3/c1-5-26-17-15(21)7-6-8-16(17)22-18(24)13-9-11-14(12-10-13)19(25)23-20(2,3)4/h6-12H,5H2,1-4H3,(H,22,24)(H,23,25). The first-order chi connectivity index (χ1) is 12.2. The van der Waals surface area contributed by atoms with Crippen molar-refractivity contribution >= 4 is 29.1 Å². The molecule has 2 aromatic carbocycles. The number of amides is 2. The molecule has 0 aliphatic carbocycles. The van der Waals surface area contributed by atoms with E-state index in [1.54, 1.807) is 42.5 Å². The van der Waals surface area contributed by atoms with E-state index in [-0.39, 0.29) is 17.4 Å². The van der Waals surface area contributed by atoms with Crippen molar-refractivity contribution in [2.45, 2.75) is 33.2 Å². The van der Waals surface area contributed by atoms with Crippen LogP contribution in [-0.4, -0.2) is 24.0 Å². The van der Waals surface area contributed by atoms with Crippen LogP contribution in [-0.2, 0) is 0 Å². The number of halogens is 1. The van der Waals surface area contributed by atoms with Crippen molar-refractivity contribution in [3.63, 3.8) is 0 Å². The predicted molar refractivity (Wildman–Crippen MR) is 104 cm³/mol. The Balaban J connectivity index is 2.14. The summed E-state index contributed by atoms with van der Waals surface area (Å²) >= 11 is 6.13. The fourth-order valence-electron chi connectivity index (χ4n) is 2.28. The lowest BCUT2D eigenvalue weighted by molar-refractivity contribution is 0.0918. The fraction of sp³-hybridized carbons (Fsp3) is 0.300. The largest absolute Gasteiger partial charge is 0.490 e. The third-order valence-electron chi connectivity index (χ3n) is 3.40. The zero-order valence-electron chi connectivity index (χ0n) is 15.4. The molecule has 0 heterocycles. The minimum Gasteiger partial charge on any atom is -0.490 e. The Bertz CT molecular complexity index is 796. The number of hydrogen-bond donors (Lipinski definition) is 2. The fourth-order valence-corrected chi connectivity index (χ4v) is 2.51. The summed E-state index contributed by atoms with van der Waals surface area (Å²) in [6.45, 7) is 8.01. The van der Waals surface area contributed by atoms with Gasteiger partial charge in [0.1, 0.15) is 0 Å². The SMILES string of the molecule is CCOc1c(Cl)cccc1NC(=O)c1ccc(C(=O)NC(C)(C)C)cc1. The third-order valence-corrected chi connectivity index (χ3v) is 3.70. The molecule has 0 radical (unpaired) electrons. The van der Waals surface area contributed by atoms with E-state index in [0.29, 0.717) is 34.2 Å². The topological polar surface area (TPSA) is 67.4 Å². The highest BCUT2D eigenvalue weighted by atomic mass is 35.5. The van der Waals surface area contributed by atoms with Gasteiger partial charge in [-0.25, -0.2) is 0 Å². The highest BCUT2D eigenvalue weighted by Crippen LogP contribution is 2.33. The smallest absolute Gasteiger partial charge is 0.255 e. The number of rotatable bonds is 5. The molecule has 26 heavy (non-hydrogen) atoms. The number of carbonyl (C=O) groups is 2. The van der Waals surface area contributed by atoms with E-state index in [2.05, 4.69) is 10.6 Å². The van der Waals surface area contributed by atoms with Crippen LogP contribution >= 0.6 is 11.6 Å². The lowest BCUT2D eigenvalue weighted by Gasteiger charge is -2.20. The molecule has 2 amide bonds. The normalized spacial score (nSPS) is 11.0. The molecule has 6 heteroatoms. The Morgan fingerprint density at radius 1 is 1.00 bits per heavy atom. The molecule has 0 aromatic heterocycles. The van der Waals surface area contributed by atoms with Gasteiger partial charge in [0.25, 0.3) is 11.8 Å². The van der Waals surface area contributed by atoms with Crippen molar-refractivity contribution in [1.29, 1.82) is 0 Å². The second-order valence-corrected chi connectivity index (χ2v) is 7.19. The molecule has 0 aliphatic heterocycles. The summed E-state index contributed by atoms with van der Waals surface area (Å²) in [5, 5.41) is 6.10. The average molecular weight is 375 g/mol. The van der Waals surface area contributed by atoms with Crippen LogP contribution in [0.25, 0.3) is 0 Å². The molecule has 2 N–H and O–H groups in total. The molecule has 5 nitrogen and oxygen atoms in total. The monoisotopic (exact) mass is 374 g/mol.